The van der Waals surface area contributed by atoms with Crippen LogP contribution in [0.3, 0.4) is 0 Å². The number of benzene rings is 1. The van der Waals surface area contributed by atoms with Crippen LogP contribution in [-0.4, -0.2) is 59.0 Å². The van der Waals surface area contributed by atoms with Gasteiger partial charge in [0.2, 0.25) is 5.95 Å². The Hall–Kier alpha value is -2.56. The van der Waals surface area contributed by atoms with Crippen LogP contribution in [0.4, 0.5) is 11.8 Å². The van der Waals surface area contributed by atoms with Crippen LogP contribution >= 0.6 is 11.6 Å². The van der Waals surface area contributed by atoms with Crippen LogP contribution in [0.25, 0.3) is 0 Å². The number of anilines is 2. The maximum absolute atomic E-state index is 12.7. The lowest BCUT2D eigenvalue weighted by Crippen LogP contribution is -2.36. The summed E-state index contributed by atoms with van der Waals surface area (Å²) in [5, 5.41) is 22.8. The van der Waals surface area contributed by atoms with Gasteiger partial charge in [-0.1, -0.05) is 37.6 Å². The molecular weight excluding hydrogens is 486 g/mol. The molecule has 0 radical (unpaired) electrons. The van der Waals surface area contributed by atoms with Crippen LogP contribution in [0, 0.1) is 12.8 Å². The molecule has 0 aliphatic carbocycles. The van der Waals surface area contributed by atoms with E-state index in [4.69, 9.17) is 21.6 Å². The predicted octanol–water partition coefficient (Wildman–Crippen LogP) is 2.73. The van der Waals surface area contributed by atoms with Gasteiger partial charge in [-0.05, 0) is 30.0 Å². The SMILES string of the molecule is Cc1ccc(Cc2nnc3n2CCN(c2nc4c(c(N[C@@H](CO)C(C)C)n2)S(=O)CC4)C3)cc1Cl. The van der Waals surface area contributed by atoms with Gasteiger partial charge >= 0.3 is 0 Å². The Kier molecular flexibility index (Phi) is 6.78. The number of hydrogen-bond acceptors (Lipinski definition) is 8. The van der Waals surface area contributed by atoms with E-state index in [9.17, 15) is 9.32 Å². The van der Waals surface area contributed by atoms with Crippen molar-refractivity contribution in [2.45, 2.75) is 57.6 Å². The third kappa shape index (κ3) is 4.79. The highest BCUT2D eigenvalue weighted by molar-refractivity contribution is 7.85. The topological polar surface area (TPSA) is 109 Å². The number of aliphatic hydroxyl groups is 1. The third-order valence-corrected chi connectivity index (χ3v) is 8.58. The Balaban J connectivity index is 1.39. The van der Waals surface area contributed by atoms with Gasteiger partial charge in [-0.25, -0.2) is 4.98 Å². The lowest BCUT2D eigenvalue weighted by Gasteiger charge is -2.29. The normalized spacial score (nSPS) is 18.0. The first-order chi connectivity index (χ1) is 16.8. The second kappa shape index (κ2) is 9.83. The summed E-state index contributed by atoms with van der Waals surface area (Å²) in [6.45, 7) is 8.00. The van der Waals surface area contributed by atoms with Crippen molar-refractivity contribution in [3.8, 4) is 0 Å². The van der Waals surface area contributed by atoms with Gasteiger partial charge in [0, 0.05) is 36.7 Å². The lowest BCUT2D eigenvalue weighted by atomic mass is 10.1. The van der Waals surface area contributed by atoms with Gasteiger partial charge in [-0.3, -0.25) is 4.21 Å². The number of rotatable bonds is 7. The monoisotopic (exact) mass is 515 g/mol. The van der Waals surface area contributed by atoms with Gasteiger partial charge in [0.25, 0.3) is 0 Å². The van der Waals surface area contributed by atoms with E-state index >= 15 is 0 Å². The molecule has 4 heterocycles. The van der Waals surface area contributed by atoms with Gasteiger partial charge in [0.05, 0.1) is 35.7 Å². The molecule has 2 aliphatic rings. The minimum Gasteiger partial charge on any atom is -0.394 e. The smallest absolute Gasteiger partial charge is 0.228 e. The van der Waals surface area contributed by atoms with E-state index in [0.29, 0.717) is 48.3 Å². The molecule has 35 heavy (non-hydrogen) atoms. The molecule has 0 fully saturated rings. The second-order valence-corrected chi connectivity index (χ2v) is 11.4. The second-order valence-electron chi connectivity index (χ2n) is 9.49. The number of hydrogen-bond donors (Lipinski definition) is 2. The van der Waals surface area contributed by atoms with Crippen molar-refractivity contribution in [2.24, 2.45) is 5.92 Å². The Bertz CT molecular complexity index is 1280. The minimum atomic E-state index is -1.13. The molecule has 2 N–H and O–H groups in total. The maximum atomic E-state index is 12.7. The number of nitrogens with zero attached hydrogens (tertiary/aromatic N) is 6. The van der Waals surface area contributed by atoms with Crippen LogP contribution in [0.1, 0.15) is 42.3 Å². The molecule has 1 aromatic carbocycles. The number of nitrogens with one attached hydrogen (secondary N) is 1. The van der Waals surface area contributed by atoms with Crippen LogP contribution < -0.4 is 10.2 Å². The molecule has 186 valence electrons. The molecule has 2 aliphatic heterocycles. The fraction of sp³-hybridized carbons (Fsp3) is 0.500. The minimum absolute atomic E-state index is 0.0276. The molecule has 2 aromatic heterocycles. The van der Waals surface area contributed by atoms with Gasteiger partial charge in [-0.15, -0.1) is 10.2 Å². The standard InChI is InChI=1S/C24H30ClN7O2S/c1-14(2)19(13-33)26-23-22-18(6-9-35(22)34)27-24(28-23)31-7-8-32-20(29-30-21(32)12-31)11-16-5-4-15(3)17(25)10-16/h4-5,10,14,19,33H,6-9,11-13H2,1-3H3,(H,26,27,28)/t19-,35?/m0/s1. The summed E-state index contributed by atoms with van der Waals surface area (Å²) in [6.07, 6.45) is 1.32. The van der Waals surface area contributed by atoms with Crippen LogP contribution in [0.2, 0.25) is 5.02 Å². The molecule has 0 saturated carbocycles. The summed E-state index contributed by atoms with van der Waals surface area (Å²) >= 11 is 6.30. The van der Waals surface area contributed by atoms with Crippen molar-refractivity contribution in [3.05, 3.63) is 51.7 Å². The highest BCUT2D eigenvalue weighted by atomic mass is 35.5. The van der Waals surface area contributed by atoms with Crippen molar-refractivity contribution < 1.29 is 9.32 Å². The van der Waals surface area contributed by atoms with E-state index in [0.717, 1.165) is 40.0 Å². The highest BCUT2D eigenvalue weighted by Gasteiger charge is 2.30. The number of aromatic nitrogens is 5. The summed E-state index contributed by atoms with van der Waals surface area (Å²) in [5.74, 6) is 3.68. The Morgan fingerprint density at radius 3 is 2.80 bits per heavy atom. The summed E-state index contributed by atoms with van der Waals surface area (Å²) in [5.41, 5.74) is 2.98. The largest absolute Gasteiger partial charge is 0.394 e. The Morgan fingerprint density at radius 1 is 1.23 bits per heavy atom. The number of fused-ring (bicyclic) bond motifs is 2. The number of aryl methyl sites for hydroxylation is 2. The molecule has 0 spiro atoms. The van der Waals surface area contributed by atoms with Crippen LogP contribution in [-0.2, 0) is 36.7 Å². The number of halogens is 1. The third-order valence-electron chi connectivity index (χ3n) is 6.71. The maximum Gasteiger partial charge on any atom is 0.228 e. The van der Waals surface area contributed by atoms with E-state index in [1.165, 1.54) is 0 Å². The van der Waals surface area contributed by atoms with Crippen LogP contribution in [0.5, 0.6) is 0 Å². The van der Waals surface area contributed by atoms with Gasteiger partial charge in [-0.2, -0.15) is 4.98 Å². The van der Waals surface area contributed by atoms with E-state index in [1.54, 1.807) is 0 Å². The van der Waals surface area contributed by atoms with Crippen molar-refractivity contribution in [1.82, 2.24) is 24.7 Å². The Morgan fingerprint density at radius 2 is 2.06 bits per heavy atom. The van der Waals surface area contributed by atoms with Crippen molar-refractivity contribution in [3.63, 3.8) is 0 Å². The average molecular weight is 516 g/mol. The fourth-order valence-electron chi connectivity index (χ4n) is 4.47. The van der Waals surface area contributed by atoms with E-state index in [-0.39, 0.29) is 18.6 Å². The highest BCUT2D eigenvalue weighted by Crippen LogP contribution is 2.32. The first-order valence-electron chi connectivity index (χ1n) is 11.9. The number of aliphatic hydroxyl groups excluding tert-OH is 1. The summed E-state index contributed by atoms with van der Waals surface area (Å²) < 4.78 is 14.8. The zero-order chi connectivity index (χ0) is 24.7. The van der Waals surface area contributed by atoms with Crippen molar-refractivity contribution in [1.29, 1.82) is 0 Å². The van der Waals surface area contributed by atoms with E-state index in [1.807, 2.05) is 32.9 Å². The fourth-order valence-corrected chi connectivity index (χ4v) is 5.99. The molecular formula is C24H30ClN7O2S. The van der Waals surface area contributed by atoms with Crippen molar-refractivity contribution >= 4 is 34.2 Å². The van der Waals surface area contributed by atoms with Gasteiger partial charge in [0.1, 0.15) is 16.5 Å². The molecule has 0 bridgehead atoms. The molecule has 0 saturated heterocycles. The van der Waals surface area contributed by atoms with E-state index < -0.39 is 10.8 Å². The molecule has 5 rings (SSSR count). The first-order valence-corrected chi connectivity index (χ1v) is 13.6. The molecule has 2 atom stereocenters. The quantitative estimate of drug-likeness (QED) is 0.494. The molecule has 11 heteroatoms. The first kappa shape index (κ1) is 24.1. The van der Waals surface area contributed by atoms with Gasteiger partial charge in [0.15, 0.2) is 5.82 Å². The average Bonchev–Trinajstić information content (AvgIpc) is 3.42. The van der Waals surface area contributed by atoms with Crippen molar-refractivity contribution in [2.75, 3.05) is 29.1 Å². The molecule has 9 nitrogen and oxygen atoms in total. The summed E-state index contributed by atoms with van der Waals surface area (Å²) in [4.78, 5) is 12.3. The Labute approximate surface area is 212 Å². The predicted molar refractivity (Wildman–Crippen MR) is 136 cm³/mol. The molecule has 3 aromatic rings. The van der Waals surface area contributed by atoms with Gasteiger partial charge < -0.3 is 19.9 Å². The molecule has 1 unspecified atom stereocenters. The summed E-state index contributed by atoms with van der Waals surface area (Å²) in [6, 6.07) is 5.91. The van der Waals surface area contributed by atoms with Crippen LogP contribution in [0.15, 0.2) is 23.1 Å². The lowest BCUT2D eigenvalue weighted by molar-refractivity contribution is 0.249. The molecule has 0 amide bonds. The van der Waals surface area contributed by atoms with E-state index in [2.05, 4.69) is 31.0 Å². The summed E-state index contributed by atoms with van der Waals surface area (Å²) in [7, 11) is -1.13. The zero-order valence-corrected chi connectivity index (χ0v) is 21.7. The zero-order valence-electron chi connectivity index (χ0n) is 20.2.